The summed E-state index contributed by atoms with van der Waals surface area (Å²) in [6, 6.07) is 0. The van der Waals surface area contributed by atoms with E-state index in [0.29, 0.717) is 30.3 Å². The number of unbranched alkanes of at least 4 members (excludes halogenated alkanes) is 1. The number of carbonyl (C=O) groups excluding carboxylic acids is 3. The third-order valence-electron chi connectivity index (χ3n) is 6.78. The second kappa shape index (κ2) is 10.2. The molecule has 2 rings (SSSR count). The van der Waals surface area contributed by atoms with Crippen molar-refractivity contribution in [2.24, 2.45) is 23.2 Å². The van der Waals surface area contributed by atoms with Crippen molar-refractivity contribution in [3.05, 3.63) is 35.5 Å². The summed E-state index contributed by atoms with van der Waals surface area (Å²) in [4.78, 5) is 48.6. The highest BCUT2D eigenvalue weighted by atomic mass is 16.5. The molecule has 6 heteroatoms. The van der Waals surface area contributed by atoms with Gasteiger partial charge in [-0.05, 0) is 55.7 Å². The van der Waals surface area contributed by atoms with E-state index in [2.05, 4.69) is 20.4 Å². The van der Waals surface area contributed by atoms with Gasteiger partial charge in [0.2, 0.25) is 0 Å². The van der Waals surface area contributed by atoms with E-state index in [9.17, 15) is 24.3 Å². The van der Waals surface area contributed by atoms with E-state index >= 15 is 0 Å². The lowest BCUT2D eigenvalue weighted by Crippen LogP contribution is -2.49. The van der Waals surface area contributed by atoms with E-state index in [1.165, 1.54) is 6.08 Å². The Hall–Kier alpha value is -2.50. The van der Waals surface area contributed by atoms with Crippen LogP contribution in [0.15, 0.2) is 35.5 Å². The van der Waals surface area contributed by atoms with Crippen molar-refractivity contribution in [2.75, 3.05) is 0 Å². The molecule has 0 spiro atoms. The lowest BCUT2D eigenvalue weighted by Gasteiger charge is -2.48. The number of carboxylic acid groups (broad SMARTS) is 1. The molecule has 31 heavy (non-hydrogen) atoms. The van der Waals surface area contributed by atoms with Crippen molar-refractivity contribution >= 4 is 24.0 Å². The Kier molecular flexibility index (Phi) is 8.15. The molecule has 0 aliphatic heterocycles. The van der Waals surface area contributed by atoms with Gasteiger partial charge in [-0.1, -0.05) is 46.3 Å². The summed E-state index contributed by atoms with van der Waals surface area (Å²) in [5, 5.41) is 9.80. The number of aliphatic carboxylic acids is 1. The number of aldehydes is 1. The van der Waals surface area contributed by atoms with Crippen molar-refractivity contribution in [3.63, 3.8) is 0 Å². The van der Waals surface area contributed by atoms with Crippen LogP contribution in [0.2, 0.25) is 0 Å². The zero-order valence-electron chi connectivity index (χ0n) is 19.0. The molecule has 0 saturated heterocycles. The fourth-order valence-corrected chi connectivity index (χ4v) is 4.90. The molecule has 0 aromatic carbocycles. The van der Waals surface area contributed by atoms with Crippen LogP contribution in [0.5, 0.6) is 0 Å². The van der Waals surface area contributed by atoms with E-state index in [4.69, 9.17) is 4.74 Å². The molecule has 6 nitrogen and oxygen atoms in total. The van der Waals surface area contributed by atoms with Gasteiger partial charge in [-0.15, -0.1) is 0 Å². The fourth-order valence-electron chi connectivity index (χ4n) is 4.90. The molecule has 1 N–H and O–H groups in total. The molecule has 2 aliphatic rings. The first-order valence-electron chi connectivity index (χ1n) is 11.1. The first-order chi connectivity index (χ1) is 14.5. The average molecular weight is 431 g/mol. The zero-order chi connectivity index (χ0) is 23.3. The highest BCUT2D eigenvalue weighted by Gasteiger charge is 2.53. The summed E-state index contributed by atoms with van der Waals surface area (Å²) in [6.45, 7) is 11.3. The SMILES string of the molecule is C=C(C=O)[C@@H]1C[C@@]2(C)C(=CC1=O)[C@H](OC(=O)/C(C)=C/[C@H](C)CCCC)CC[C@@H]2C(=O)O. The quantitative estimate of drug-likeness (QED) is 0.330. The second-order valence-electron chi connectivity index (χ2n) is 9.20. The van der Waals surface area contributed by atoms with Crippen LogP contribution in [0.4, 0.5) is 0 Å². The van der Waals surface area contributed by atoms with Crippen molar-refractivity contribution in [1.82, 2.24) is 0 Å². The maximum Gasteiger partial charge on any atom is 0.333 e. The monoisotopic (exact) mass is 430 g/mol. The lowest BCUT2D eigenvalue weighted by molar-refractivity contribution is -0.152. The van der Waals surface area contributed by atoms with Crippen molar-refractivity contribution < 1.29 is 29.0 Å². The second-order valence-corrected chi connectivity index (χ2v) is 9.20. The van der Waals surface area contributed by atoms with E-state index in [-0.39, 0.29) is 23.7 Å². The summed E-state index contributed by atoms with van der Waals surface area (Å²) < 4.78 is 5.78. The molecule has 1 saturated carbocycles. The zero-order valence-corrected chi connectivity index (χ0v) is 19.0. The maximum atomic E-state index is 12.7. The van der Waals surface area contributed by atoms with E-state index < -0.39 is 35.3 Å². The lowest BCUT2D eigenvalue weighted by atomic mass is 9.56. The van der Waals surface area contributed by atoms with Gasteiger partial charge >= 0.3 is 11.9 Å². The van der Waals surface area contributed by atoms with Crippen molar-refractivity contribution in [3.8, 4) is 0 Å². The third kappa shape index (κ3) is 5.41. The third-order valence-corrected chi connectivity index (χ3v) is 6.78. The van der Waals surface area contributed by atoms with Crippen LogP contribution in [-0.2, 0) is 23.9 Å². The van der Waals surface area contributed by atoms with Crippen LogP contribution in [0.25, 0.3) is 0 Å². The number of hydrogen-bond acceptors (Lipinski definition) is 5. The minimum atomic E-state index is -0.955. The molecule has 5 atom stereocenters. The Balaban J connectivity index is 2.30. The Morgan fingerprint density at radius 1 is 1.39 bits per heavy atom. The number of carboxylic acids is 1. The first-order valence-corrected chi connectivity index (χ1v) is 11.1. The standard InChI is InChI=1S/C25H34O6/c1-6-7-8-15(2)11-16(3)24(30)31-22-10-9-19(23(28)29)25(5)13-18(17(4)14-26)21(27)12-20(22)25/h11-12,14-15,18-19,22H,4,6-10,13H2,1-3,5H3,(H,28,29)/b16-11+/t15-,18+,19-,22-,25-/m1/s1. The number of carbonyl (C=O) groups is 4. The predicted octanol–water partition coefficient (Wildman–Crippen LogP) is 4.44. The Morgan fingerprint density at radius 3 is 2.65 bits per heavy atom. The van der Waals surface area contributed by atoms with E-state index in [0.717, 1.165) is 19.3 Å². The molecular formula is C25H34O6. The summed E-state index contributed by atoms with van der Waals surface area (Å²) in [5.74, 6) is -2.91. The molecule has 0 radical (unpaired) electrons. The van der Waals surface area contributed by atoms with Gasteiger partial charge in [0.25, 0.3) is 0 Å². The van der Waals surface area contributed by atoms with Crippen LogP contribution < -0.4 is 0 Å². The number of allylic oxidation sites excluding steroid dienone is 3. The topological polar surface area (TPSA) is 97.7 Å². The minimum absolute atomic E-state index is 0.143. The van der Waals surface area contributed by atoms with Gasteiger partial charge < -0.3 is 9.84 Å². The Labute approximate surface area is 184 Å². The number of ether oxygens (including phenoxy) is 1. The Bertz CT molecular complexity index is 820. The molecule has 2 aliphatic carbocycles. The number of ketones is 1. The van der Waals surface area contributed by atoms with Gasteiger partial charge in [0.05, 0.1) is 11.8 Å². The number of hydrogen-bond donors (Lipinski definition) is 1. The van der Waals surface area contributed by atoms with Crippen LogP contribution in [0, 0.1) is 23.2 Å². The van der Waals surface area contributed by atoms with Crippen LogP contribution in [0.1, 0.15) is 66.2 Å². The largest absolute Gasteiger partial charge is 0.481 e. The molecule has 0 aromatic heterocycles. The predicted molar refractivity (Wildman–Crippen MR) is 117 cm³/mol. The fraction of sp³-hybridized carbons (Fsp3) is 0.600. The highest BCUT2D eigenvalue weighted by molar-refractivity contribution is 6.00. The minimum Gasteiger partial charge on any atom is -0.481 e. The molecule has 0 amide bonds. The van der Waals surface area contributed by atoms with Gasteiger partial charge in [-0.3, -0.25) is 14.4 Å². The van der Waals surface area contributed by atoms with Crippen LogP contribution in [-0.4, -0.2) is 35.2 Å². The van der Waals surface area contributed by atoms with Gasteiger partial charge in [-0.25, -0.2) is 4.79 Å². The molecule has 0 aromatic rings. The highest BCUT2D eigenvalue weighted by Crippen LogP contribution is 2.53. The maximum absolute atomic E-state index is 12.7. The number of fused-ring (bicyclic) bond motifs is 1. The van der Waals surface area contributed by atoms with Crippen molar-refractivity contribution in [1.29, 1.82) is 0 Å². The molecule has 0 bridgehead atoms. The van der Waals surface area contributed by atoms with Gasteiger partial charge in [0.15, 0.2) is 5.78 Å². The first kappa shape index (κ1) is 24.8. The van der Waals surface area contributed by atoms with Crippen LogP contribution in [0.3, 0.4) is 0 Å². The molecular weight excluding hydrogens is 396 g/mol. The van der Waals surface area contributed by atoms with E-state index in [1.54, 1.807) is 13.8 Å². The van der Waals surface area contributed by atoms with Gasteiger partial charge in [0, 0.05) is 11.0 Å². The molecule has 0 heterocycles. The summed E-state index contributed by atoms with van der Waals surface area (Å²) >= 11 is 0. The smallest absolute Gasteiger partial charge is 0.333 e. The summed E-state index contributed by atoms with van der Waals surface area (Å²) in [5.41, 5.74) is 0.294. The van der Waals surface area contributed by atoms with Gasteiger partial charge in [-0.2, -0.15) is 0 Å². The summed E-state index contributed by atoms with van der Waals surface area (Å²) in [6.07, 6.45) is 7.19. The van der Waals surface area contributed by atoms with Crippen molar-refractivity contribution in [2.45, 2.75) is 72.3 Å². The van der Waals surface area contributed by atoms with Crippen LogP contribution >= 0.6 is 0 Å². The number of rotatable bonds is 9. The number of esters is 1. The molecule has 170 valence electrons. The molecule has 1 fully saturated rings. The average Bonchev–Trinajstić information content (AvgIpc) is 2.71. The Morgan fingerprint density at radius 2 is 2.06 bits per heavy atom. The normalized spacial score (nSPS) is 29.4. The van der Waals surface area contributed by atoms with Gasteiger partial charge in [0.1, 0.15) is 12.4 Å². The molecule has 0 unspecified atom stereocenters. The van der Waals surface area contributed by atoms with E-state index in [1.807, 2.05) is 6.08 Å². The summed E-state index contributed by atoms with van der Waals surface area (Å²) in [7, 11) is 0.